The SMILES string of the molecule is CN(C)Nc1ccc(C(F)(F)F)c(C#N)c1. The molecule has 0 aliphatic carbocycles. The topological polar surface area (TPSA) is 39.1 Å². The van der Waals surface area contributed by atoms with Crippen molar-refractivity contribution in [1.29, 1.82) is 5.26 Å². The second kappa shape index (κ2) is 4.41. The van der Waals surface area contributed by atoms with Crippen molar-refractivity contribution in [2.75, 3.05) is 19.5 Å². The highest BCUT2D eigenvalue weighted by atomic mass is 19.4. The second-order valence-corrected chi connectivity index (χ2v) is 3.38. The van der Waals surface area contributed by atoms with Crippen molar-refractivity contribution in [2.45, 2.75) is 6.18 Å². The van der Waals surface area contributed by atoms with Crippen LogP contribution in [0, 0.1) is 11.3 Å². The van der Waals surface area contributed by atoms with Gasteiger partial charge >= 0.3 is 6.18 Å². The summed E-state index contributed by atoms with van der Waals surface area (Å²) in [4.78, 5) is 0. The average Bonchev–Trinajstić information content (AvgIpc) is 2.14. The van der Waals surface area contributed by atoms with Crippen LogP contribution in [0.2, 0.25) is 0 Å². The first-order chi connectivity index (χ1) is 7.34. The Morgan fingerprint density at radius 3 is 2.38 bits per heavy atom. The quantitative estimate of drug-likeness (QED) is 0.792. The van der Waals surface area contributed by atoms with E-state index in [4.69, 9.17) is 5.26 Å². The van der Waals surface area contributed by atoms with Crippen LogP contribution in [-0.2, 0) is 6.18 Å². The largest absolute Gasteiger partial charge is 0.417 e. The molecule has 0 saturated carbocycles. The molecule has 3 nitrogen and oxygen atoms in total. The van der Waals surface area contributed by atoms with E-state index < -0.39 is 11.7 Å². The highest BCUT2D eigenvalue weighted by Crippen LogP contribution is 2.32. The molecule has 0 amide bonds. The van der Waals surface area contributed by atoms with Crippen molar-refractivity contribution < 1.29 is 13.2 Å². The Bertz CT molecular complexity index is 418. The Labute approximate surface area is 91.1 Å². The fourth-order valence-corrected chi connectivity index (χ4v) is 1.21. The van der Waals surface area contributed by atoms with Crippen LogP contribution in [-0.4, -0.2) is 19.1 Å². The Morgan fingerprint density at radius 1 is 1.31 bits per heavy atom. The molecule has 0 heterocycles. The number of benzene rings is 1. The molecule has 0 unspecified atom stereocenters. The molecule has 0 spiro atoms. The van der Waals surface area contributed by atoms with E-state index in [0.29, 0.717) is 5.69 Å². The molecule has 0 fully saturated rings. The van der Waals surface area contributed by atoms with E-state index >= 15 is 0 Å². The minimum absolute atomic E-state index is 0.389. The molecule has 0 aromatic heterocycles. The fourth-order valence-electron chi connectivity index (χ4n) is 1.21. The Morgan fingerprint density at radius 2 is 1.94 bits per heavy atom. The van der Waals surface area contributed by atoms with Gasteiger partial charge in [0.25, 0.3) is 0 Å². The van der Waals surface area contributed by atoms with Crippen LogP contribution >= 0.6 is 0 Å². The van der Waals surface area contributed by atoms with E-state index in [1.54, 1.807) is 19.1 Å². The van der Waals surface area contributed by atoms with E-state index in [-0.39, 0.29) is 5.56 Å². The van der Waals surface area contributed by atoms with Crippen molar-refractivity contribution in [1.82, 2.24) is 5.01 Å². The number of nitriles is 1. The number of anilines is 1. The first kappa shape index (κ1) is 12.3. The Kier molecular flexibility index (Phi) is 3.40. The van der Waals surface area contributed by atoms with Gasteiger partial charge in [-0.15, -0.1) is 0 Å². The van der Waals surface area contributed by atoms with Gasteiger partial charge < -0.3 is 5.43 Å². The zero-order chi connectivity index (χ0) is 12.3. The van der Waals surface area contributed by atoms with Crippen molar-refractivity contribution in [3.63, 3.8) is 0 Å². The molecule has 1 aromatic carbocycles. The van der Waals surface area contributed by atoms with Crippen LogP contribution in [0.4, 0.5) is 18.9 Å². The highest BCUT2D eigenvalue weighted by Gasteiger charge is 2.33. The summed E-state index contributed by atoms with van der Waals surface area (Å²) >= 11 is 0. The van der Waals surface area contributed by atoms with E-state index in [1.165, 1.54) is 18.2 Å². The van der Waals surface area contributed by atoms with Crippen LogP contribution < -0.4 is 5.43 Å². The molecule has 16 heavy (non-hydrogen) atoms. The van der Waals surface area contributed by atoms with Gasteiger partial charge in [-0.25, -0.2) is 5.01 Å². The third-order valence-electron chi connectivity index (χ3n) is 1.80. The molecular weight excluding hydrogens is 219 g/mol. The number of nitrogens with one attached hydrogen (secondary N) is 1. The summed E-state index contributed by atoms with van der Waals surface area (Å²) in [7, 11) is 3.40. The van der Waals surface area contributed by atoms with E-state index in [1.807, 2.05) is 0 Å². The molecule has 0 aliphatic heterocycles. The highest BCUT2D eigenvalue weighted by molar-refractivity contribution is 5.53. The summed E-state index contributed by atoms with van der Waals surface area (Å²) in [6.07, 6.45) is -4.50. The van der Waals surface area contributed by atoms with E-state index in [2.05, 4.69) is 5.43 Å². The van der Waals surface area contributed by atoms with Crippen molar-refractivity contribution >= 4 is 5.69 Å². The summed E-state index contributed by atoms with van der Waals surface area (Å²) < 4.78 is 37.3. The monoisotopic (exact) mass is 229 g/mol. The zero-order valence-electron chi connectivity index (χ0n) is 8.76. The maximum Gasteiger partial charge on any atom is 0.417 e. The van der Waals surface area contributed by atoms with Crippen LogP contribution in [0.1, 0.15) is 11.1 Å². The van der Waals surface area contributed by atoms with Gasteiger partial charge in [0.15, 0.2) is 0 Å². The maximum atomic E-state index is 12.4. The summed E-state index contributed by atoms with van der Waals surface area (Å²) in [5.41, 5.74) is 1.91. The molecule has 0 aliphatic rings. The summed E-state index contributed by atoms with van der Waals surface area (Å²) in [6.45, 7) is 0. The van der Waals surface area contributed by atoms with Gasteiger partial charge in [0.2, 0.25) is 0 Å². The first-order valence-corrected chi connectivity index (χ1v) is 4.40. The maximum absolute atomic E-state index is 12.4. The lowest BCUT2D eigenvalue weighted by Gasteiger charge is -2.15. The number of rotatable bonds is 2. The number of alkyl halides is 3. The van der Waals surface area contributed by atoms with Crippen molar-refractivity contribution in [3.05, 3.63) is 29.3 Å². The Balaban J connectivity index is 3.14. The molecule has 1 N–H and O–H groups in total. The van der Waals surface area contributed by atoms with Crippen LogP contribution in [0.3, 0.4) is 0 Å². The lowest BCUT2D eigenvalue weighted by Crippen LogP contribution is -2.20. The number of halogens is 3. The van der Waals surface area contributed by atoms with E-state index in [0.717, 1.165) is 6.07 Å². The number of hydrazine groups is 1. The Hall–Kier alpha value is -1.74. The smallest absolute Gasteiger partial charge is 0.319 e. The van der Waals surface area contributed by atoms with Gasteiger partial charge in [0.05, 0.1) is 22.9 Å². The van der Waals surface area contributed by atoms with E-state index in [9.17, 15) is 13.2 Å². The molecule has 0 saturated heterocycles. The molecule has 0 atom stereocenters. The molecule has 6 heteroatoms. The van der Waals surface area contributed by atoms with Gasteiger partial charge in [0, 0.05) is 14.1 Å². The van der Waals surface area contributed by atoms with Crippen molar-refractivity contribution in [3.8, 4) is 6.07 Å². The summed E-state index contributed by atoms with van der Waals surface area (Å²) in [5, 5.41) is 10.2. The van der Waals surface area contributed by atoms with Crippen molar-refractivity contribution in [2.24, 2.45) is 0 Å². The third-order valence-corrected chi connectivity index (χ3v) is 1.80. The summed E-state index contributed by atoms with van der Waals surface area (Å²) in [6, 6.07) is 4.88. The number of hydrogen-bond acceptors (Lipinski definition) is 3. The van der Waals surface area contributed by atoms with Gasteiger partial charge in [-0.3, -0.25) is 0 Å². The predicted octanol–water partition coefficient (Wildman–Crippen LogP) is 2.47. The van der Waals surface area contributed by atoms with Gasteiger partial charge in [-0.1, -0.05) is 0 Å². The number of nitrogens with zero attached hydrogens (tertiary/aromatic N) is 2. The van der Waals surface area contributed by atoms with Crippen LogP contribution in [0.25, 0.3) is 0 Å². The van der Waals surface area contributed by atoms with Crippen LogP contribution in [0.15, 0.2) is 18.2 Å². The molecule has 0 radical (unpaired) electrons. The molecule has 0 bridgehead atoms. The lowest BCUT2D eigenvalue weighted by molar-refractivity contribution is -0.137. The van der Waals surface area contributed by atoms with Gasteiger partial charge in [0.1, 0.15) is 0 Å². The average molecular weight is 229 g/mol. The lowest BCUT2D eigenvalue weighted by atomic mass is 10.1. The summed E-state index contributed by atoms with van der Waals surface area (Å²) in [5.74, 6) is 0. The minimum atomic E-state index is -4.50. The molecule has 86 valence electrons. The van der Waals surface area contributed by atoms with Gasteiger partial charge in [-0.2, -0.15) is 18.4 Å². The van der Waals surface area contributed by atoms with Gasteiger partial charge in [-0.05, 0) is 18.2 Å². The van der Waals surface area contributed by atoms with Crippen LogP contribution in [0.5, 0.6) is 0 Å². The normalized spacial score (nSPS) is 11.3. The molecule has 1 aromatic rings. The standard InChI is InChI=1S/C10H10F3N3/c1-16(2)15-8-3-4-9(10(11,12)13)7(5-8)6-14/h3-5,15H,1-2H3. The first-order valence-electron chi connectivity index (χ1n) is 4.40. The third kappa shape index (κ3) is 2.87. The predicted molar refractivity (Wildman–Crippen MR) is 53.5 cm³/mol. The fraction of sp³-hybridized carbons (Fsp3) is 0.300. The number of hydrogen-bond donors (Lipinski definition) is 1. The molecular formula is C10H10F3N3. The minimum Gasteiger partial charge on any atom is -0.319 e. The second-order valence-electron chi connectivity index (χ2n) is 3.38. The zero-order valence-corrected chi connectivity index (χ0v) is 8.76. The molecule has 1 rings (SSSR count).